The van der Waals surface area contributed by atoms with Gasteiger partial charge in [-0.25, -0.2) is 9.97 Å². The van der Waals surface area contributed by atoms with Gasteiger partial charge in [0.2, 0.25) is 5.88 Å². The molecule has 0 radical (unpaired) electrons. The molecule has 4 rings (SSSR count). The van der Waals surface area contributed by atoms with Crippen molar-refractivity contribution in [3.8, 4) is 5.88 Å². The zero-order valence-corrected chi connectivity index (χ0v) is 18.2. The summed E-state index contributed by atoms with van der Waals surface area (Å²) >= 11 is 1.43. The molecule has 1 N–H and O–H groups in total. The maximum atomic E-state index is 12.7. The summed E-state index contributed by atoms with van der Waals surface area (Å²) in [5.41, 5.74) is 3.39. The molecule has 1 amide bonds. The van der Waals surface area contributed by atoms with Crippen molar-refractivity contribution >= 4 is 38.3 Å². The van der Waals surface area contributed by atoms with Gasteiger partial charge in [-0.05, 0) is 31.8 Å². The minimum absolute atomic E-state index is 0.190. The van der Waals surface area contributed by atoms with Crippen molar-refractivity contribution in [1.82, 2.24) is 14.9 Å². The van der Waals surface area contributed by atoms with Crippen molar-refractivity contribution in [3.63, 3.8) is 0 Å². The summed E-state index contributed by atoms with van der Waals surface area (Å²) in [7, 11) is 5.60. The van der Waals surface area contributed by atoms with Crippen LogP contribution in [0.5, 0.6) is 5.88 Å². The number of fused-ring (bicyclic) bond motifs is 1. The molecule has 1 fully saturated rings. The normalized spacial score (nSPS) is 14.3. The van der Waals surface area contributed by atoms with Crippen LogP contribution in [-0.4, -0.2) is 68.3 Å². The second kappa shape index (κ2) is 8.95. The van der Waals surface area contributed by atoms with E-state index in [9.17, 15) is 4.79 Å². The van der Waals surface area contributed by atoms with Crippen LogP contribution in [0.25, 0.3) is 10.2 Å². The standard InChI is InChI=1S/C21H25N5O3S/c1-25(2)13-14-4-6-15(7-5-14)19(27)24-21-23-17-18(30-21)16(12-22-20(17)28-3)26-8-10-29-11-9-26/h4-7,12H,8-11,13H2,1-3H3,(H,23,24,27). The highest BCUT2D eigenvalue weighted by molar-refractivity contribution is 7.23. The van der Waals surface area contributed by atoms with Crippen LogP contribution in [0.15, 0.2) is 30.5 Å². The van der Waals surface area contributed by atoms with Crippen LogP contribution in [0.1, 0.15) is 15.9 Å². The van der Waals surface area contributed by atoms with Gasteiger partial charge in [-0.15, -0.1) is 0 Å². The second-order valence-corrected chi connectivity index (χ2v) is 8.34. The Balaban J connectivity index is 1.58. The number of nitrogens with zero attached hydrogens (tertiary/aromatic N) is 4. The number of rotatable bonds is 6. The Labute approximate surface area is 179 Å². The van der Waals surface area contributed by atoms with Gasteiger partial charge in [-0.2, -0.15) is 0 Å². The van der Waals surface area contributed by atoms with Crippen molar-refractivity contribution in [2.75, 3.05) is 57.7 Å². The Morgan fingerprint density at radius 3 is 2.67 bits per heavy atom. The van der Waals surface area contributed by atoms with Gasteiger partial charge in [0.05, 0.1) is 36.9 Å². The van der Waals surface area contributed by atoms with E-state index in [4.69, 9.17) is 9.47 Å². The molecule has 3 heterocycles. The first-order chi connectivity index (χ1) is 14.5. The first-order valence-corrected chi connectivity index (χ1v) is 10.6. The molecule has 0 atom stereocenters. The van der Waals surface area contributed by atoms with Crippen LogP contribution in [0.2, 0.25) is 0 Å². The van der Waals surface area contributed by atoms with Crippen molar-refractivity contribution in [2.45, 2.75) is 6.54 Å². The van der Waals surface area contributed by atoms with Crippen molar-refractivity contribution in [2.24, 2.45) is 0 Å². The van der Waals surface area contributed by atoms with Crippen molar-refractivity contribution in [3.05, 3.63) is 41.6 Å². The van der Waals surface area contributed by atoms with Crippen LogP contribution in [0, 0.1) is 0 Å². The van der Waals surface area contributed by atoms with E-state index >= 15 is 0 Å². The number of benzene rings is 1. The summed E-state index contributed by atoms with van der Waals surface area (Å²) < 4.78 is 11.8. The lowest BCUT2D eigenvalue weighted by molar-refractivity contribution is 0.102. The first-order valence-electron chi connectivity index (χ1n) is 9.76. The number of ether oxygens (including phenoxy) is 2. The molecule has 0 unspecified atom stereocenters. The Kier molecular flexibility index (Phi) is 6.12. The minimum Gasteiger partial charge on any atom is -0.479 e. The highest BCUT2D eigenvalue weighted by atomic mass is 32.1. The Morgan fingerprint density at radius 2 is 2.00 bits per heavy atom. The van der Waals surface area contributed by atoms with E-state index in [0.717, 1.165) is 35.6 Å². The zero-order valence-electron chi connectivity index (χ0n) is 17.3. The largest absolute Gasteiger partial charge is 0.479 e. The second-order valence-electron chi connectivity index (χ2n) is 7.34. The van der Waals surface area contributed by atoms with E-state index in [-0.39, 0.29) is 5.91 Å². The fourth-order valence-corrected chi connectivity index (χ4v) is 4.40. The number of pyridine rings is 1. The molecule has 1 aliphatic heterocycles. The Morgan fingerprint density at radius 1 is 1.27 bits per heavy atom. The lowest BCUT2D eigenvalue weighted by Crippen LogP contribution is -2.36. The molecule has 0 aliphatic carbocycles. The van der Waals surface area contributed by atoms with E-state index in [1.165, 1.54) is 11.3 Å². The molecule has 0 bridgehead atoms. The van der Waals surface area contributed by atoms with Crippen LogP contribution in [0.4, 0.5) is 10.8 Å². The molecule has 1 aromatic carbocycles. The fourth-order valence-electron chi connectivity index (χ4n) is 3.41. The maximum absolute atomic E-state index is 12.7. The molecule has 158 valence electrons. The maximum Gasteiger partial charge on any atom is 0.257 e. The van der Waals surface area contributed by atoms with Gasteiger partial charge >= 0.3 is 0 Å². The van der Waals surface area contributed by atoms with Gasteiger partial charge in [-0.1, -0.05) is 23.5 Å². The number of anilines is 2. The molecule has 1 aliphatic rings. The number of amides is 1. The predicted octanol–water partition coefficient (Wildman–Crippen LogP) is 2.85. The average Bonchev–Trinajstić information content (AvgIpc) is 3.17. The van der Waals surface area contributed by atoms with Crippen molar-refractivity contribution < 1.29 is 14.3 Å². The smallest absolute Gasteiger partial charge is 0.257 e. The average molecular weight is 428 g/mol. The van der Waals surface area contributed by atoms with Crippen LogP contribution in [-0.2, 0) is 11.3 Å². The lowest BCUT2D eigenvalue weighted by atomic mass is 10.1. The lowest BCUT2D eigenvalue weighted by Gasteiger charge is -2.28. The summed E-state index contributed by atoms with van der Waals surface area (Å²) in [5, 5.41) is 3.44. The van der Waals surface area contributed by atoms with Gasteiger partial charge in [0.25, 0.3) is 5.91 Å². The molecule has 0 saturated carbocycles. The monoisotopic (exact) mass is 427 g/mol. The third-order valence-corrected chi connectivity index (χ3v) is 5.84. The summed E-state index contributed by atoms with van der Waals surface area (Å²) in [6.45, 7) is 3.78. The number of thiazole rings is 1. The quantitative estimate of drug-likeness (QED) is 0.648. The van der Waals surface area contributed by atoms with Gasteiger partial charge in [-0.3, -0.25) is 10.1 Å². The van der Waals surface area contributed by atoms with Gasteiger partial charge in [0, 0.05) is 25.2 Å². The molecule has 0 spiro atoms. The molecule has 2 aromatic heterocycles. The molecular weight excluding hydrogens is 402 g/mol. The number of hydrogen-bond donors (Lipinski definition) is 1. The molecule has 3 aromatic rings. The Bertz CT molecular complexity index is 1030. The topological polar surface area (TPSA) is 79.8 Å². The van der Waals surface area contributed by atoms with Gasteiger partial charge < -0.3 is 19.3 Å². The summed E-state index contributed by atoms with van der Waals surface area (Å²) in [4.78, 5) is 26.1. The van der Waals surface area contributed by atoms with E-state index < -0.39 is 0 Å². The van der Waals surface area contributed by atoms with Crippen LogP contribution >= 0.6 is 11.3 Å². The fraction of sp³-hybridized carbons (Fsp3) is 0.381. The molecule has 1 saturated heterocycles. The number of nitrogens with one attached hydrogen (secondary N) is 1. The van der Waals surface area contributed by atoms with Gasteiger partial charge in [0.15, 0.2) is 5.13 Å². The number of hydrogen-bond acceptors (Lipinski definition) is 8. The van der Waals surface area contributed by atoms with Gasteiger partial charge in [0.1, 0.15) is 5.52 Å². The van der Waals surface area contributed by atoms with E-state index in [1.54, 1.807) is 13.3 Å². The Hall–Kier alpha value is -2.75. The van der Waals surface area contributed by atoms with E-state index in [1.807, 2.05) is 38.4 Å². The number of carbonyl (C=O) groups excluding carboxylic acids is 1. The third-order valence-electron chi connectivity index (χ3n) is 4.85. The first kappa shape index (κ1) is 20.5. The highest BCUT2D eigenvalue weighted by Gasteiger charge is 2.21. The van der Waals surface area contributed by atoms with E-state index in [2.05, 4.69) is 25.1 Å². The number of morpholine rings is 1. The molecule has 8 nitrogen and oxygen atoms in total. The minimum atomic E-state index is -0.190. The summed E-state index contributed by atoms with van der Waals surface area (Å²) in [6, 6.07) is 7.61. The predicted molar refractivity (Wildman–Crippen MR) is 119 cm³/mol. The van der Waals surface area contributed by atoms with Crippen LogP contribution in [0.3, 0.4) is 0 Å². The van der Waals surface area contributed by atoms with Crippen molar-refractivity contribution in [1.29, 1.82) is 0 Å². The molecule has 30 heavy (non-hydrogen) atoms. The zero-order chi connectivity index (χ0) is 21.1. The summed E-state index contributed by atoms with van der Waals surface area (Å²) in [5.74, 6) is 0.261. The molecule has 9 heteroatoms. The number of methoxy groups -OCH3 is 1. The number of carbonyl (C=O) groups is 1. The van der Waals surface area contributed by atoms with Crippen LogP contribution < -0.4 is 15.0 Å². The van der Waals surface area contributed by atoms with E-state index in [0.29, 0.717) is 35.3 Å². The SMILES string of the molecule is COc1ncc(N2CCOCC2)c2sc(NC(=O)c3ccc(CN(C)C)cc3)nc12. The molecular formula is C21H25N5O3S. The number of aromatic nitrogens is 2. The summed E-state index contributed by atoms with van der Waals surface area (Å²) in [6.07, 6.45) is 1.81. The third kappa shape index (κ3) is 4.38. The highest BCUT2D eigenvalue weighted by Crippen LogP contribution is 2.38.